The van der Waals surface area contributed by atoms with E-state index in [1.165, 1.54) is 0 Å². The molecule has 4 nitrogen and oxygen atoms in total. The second-order valence-electron chi connectivity index (χ2n) is 3.90. The molecule has 0 fully saturated rings. The van der Waals surface area contributed by atoms with Crippen LogP contribution in [0.3, 0.4) is 0 Å². The van der Waals surface area contributed by atoms with Crippen LogP contribution in [0.2, 0.25) is 0 Å². The molecule has 2 aromatic rings. The van der Waals surface area contributed by atoms with Crippen molar-refractivity contribution in [2.75, 3.05) is 5.06 Å². The molecule has 0 radical (unpaired) electrons. The van der Waals surface area contributed by atoms with Crippen molar-refractivity contribution in [2.24, 2.45) is 0 Å². The van der Waals surface area contributed by atoms with Gasteiger partial charge in [-0.15, -0.1) is 0 Å². The Balaban J connectivity index is 2.03. The highest BCUT2D eigenvalue weighted by Crippen LogP contribution is 2.15. The average Bonchev–Trinajstić information content (AvgIpc) is 2.49. The van der Waals surface area contributed by atoms with Crippen LogP contribution in [0.15, 0.2) is 54.6 Å². The maximum atomic E-state index is 11.0. The zero-order chi connectivity index (χ0) is 13.5. The van der Waals surface area contributed by atoms with E-state index >= 15 is 0 Å². The molecule has 0 unspecified atom stereocenters. The predicted octanol–water partition coefficient (Wildman–Crippen LogP) is 2.59. The summed E-state index contributed by atoms with van der Waals surface area (Å²) in [6, 6.07) is 16.1. The van der Waals surface area contributed by atoms with Gasteiger partial charge in [0.05, 0.1) is 5.69 Å². The molecule has 0 spiro atoms. The third-order valence-electron chi connectivity index (χ3n) is 2.59. The van der Waals surface area contributed by atoms with Crippen molar-refractivity contribution >= 4 is 18.4 Å². The summed E-state index contributed by atoms with van der Waals surface area (Å²) in [5.74, 6) is 0. The predicted molar refractivity (Wildman–Crippen MR) is 71.6 cm³/mol. The molecule has 1 amide bonds. The summed E-state index contributed by atoms with van der Waals surface area (Å²) in [5.41, 5.74) is 2.10. The largest absolute Gasteiger partial charge is 0.298 e. The standard InChI is InChI=1S/C15H13NO3/c17-10-13-6-8-15(9-7-13)16(12-18)19-11-14-4-2-1-3-5-14/h1-10,12H,11H2. The number of carbonyl (C=O) groups is 2. The number of anilines is 1. The number of amides is 1. The van der Waals surface area contributed by atoms with Gasteiger partial charge >= 0.3 is 0 Å². The molecule has 0 heterocycles. The van der Waals surface area contributed by atoms with Gasteiger partial charge in [-0.2, -0.15) is 5.06 Å². The second kappa shape index (κ2) is 6.47. The van der Waals surface area contributed by atoms with Crippen molar-refractivity contribution < 1.29 is 14.4 Å². The van der Waals surface area contributed by atoms with Gasteiger partial charge in [-0.1, -0.05) is 30.3 Å². The monoisotopic (exact) mass is 255 g/mol. The molecule has 0 aliphatic rings. The van der Waals surface area contributed by atoms with Gasteiger partial charge in [0.1, 0.15) is 12.9 Å². The SMILES string of the molecule is O=Cc1ccc(N(C=O)OCc2ccccc2)cc1. The molecule has 0 saturated heterocycles. The van der Waals surface area contributed by atoms with E-state index in [1.54, 1.807) is 24.3 Å². The summed E-state index contributed by atoms with van der Waals surface area (Å²) in [5, 5.41) is 1.14. The van der Waals surface area contributed by atoms with Gasteiger partial charge in [0, 0.05) is 5.56 Å². The number of aldehydes is 1. The van der Waals surface area contributed by atoms with Gasteiger partial charge in [-0.25, -0.2) is 0 Å². The summed E-state index contributed by atoms with van der Waals surface area (Å²) in [7, 11) is 0. The third-order valence-corrected chi connectivity index (χ3v) is 2.59. The van der Waals surface area contributed by atoms with Crippen LogP contribution in [-0.2, 0) is 16.2 Å². The Bertz CT molecular complexity index is 537. The first-order valence-corrected chi connectivity index (χ1v) is 5.80. The van der Waals surface area contributed by atoms with Gasteiger partial charge in [0.2, 0.25) is 6.41 Å². The number of hydrogen-bond donors (Lipinski definition) is 0. The minimum absolute atomic E-state index is 0.301. The molecule has 0 bridgehead atoms. The molecule has 2 aromatic carbocycles. The Labute approximate surface area is 111 Å². The number of hydroxylamine groups is 1. The first kappa shape index (κ1) is 13.0. The van der Waals surface area contributed by atoms with Crippen LogP contribution in [0.4, 0.5) is 5.69 Å². The van der Waals surface area contributed by atoms with Crippen LogP contribution in [0.1, 0.15) is 15.9 Å². The lowest BCUT2D eigenvalue weighted by Crippen LogP contribution is -2.21. The molecular weight excluding hydrogens is 242 g/mol. The minimum atomic E-state index is 0.301. The minimum Gasteiger partial charge on any atom is -0.298 e. The number of nitrogens with zero attached hydrogens (tertiary/aromatic N) is 1. The summed E-state index contributed by atoms with van der Waals surface area (Å²) in [6.07, 6.45) is 1.35. The Morgan fingerprint density at radius 1 is 0.947 bits per heavy atom. The Morgan fingerprint density at radius 3 is 2.21 bits per heavy atom. The van der Waals surface area contributed by atoms with Crippen LogP contribution in [0.25, 0.3) is 0 Å². The fourth-order valence-electron chi connectivity index (χ4n) is 1.58. The zero-order valence-electron chi connectivity index (χ0n) is 10.2. The lowest BCUT2D eigenvalue weighted by atomic mass is 10.2. The molecule has 0 N–H and O–H groups in total. The zero-order valence-corrected chi connectivity index (χ0v) is 10.2. The molecule has 96 valence electrons. The smallest absolute Gasteiger partial charge is 0.238 e. The van der Waals surface area contributed by atoms with Crippen molar-refractivity contribution in [3.05, 3.63) is 65.7 Å². The van der Waals surface area contributed by atoms with Gasteiger partial charge in [-0.3, -0.25) is 14.4 Å². The number of hydrogen-bond acceptors (Lipinski definition) is 3. The van der Waals surface area contributed by atoms with Crippen molar-refractivity contribution in [3.8, 4) is 0 Å². The summed E-state index contributed by atoms with van der Waals surface area (Å²) >= 11 is 0. The van der Waals surface area contributed by atoms with E-state index in [2.05, 4.69) is 0 Å². The Hall–Kier alpha value is -2.46. The third kappa shape index (κ3) is 3.50. The summed E-state index contributed by atoms with van der Waals surface area (Å²) < 4.78 is 0. The molecule has 0 aliphatic carbocycles. The Kier molecular flexibility index (Phi) is 4.42. The van der Waals surface area contributed by atoms with Gasteiger partial charge in [0.15, 0.2) is 0 Å². The second-order valence-corrected chi connectivity index (χ2v) is 3.90. The van der Waals surface area contributed by atoms with E-state index in [4.69, 9.17) is 4.84 Å². The van der Waals surface area contributed by atoms with Crippen LogP contribution in [-0.4, -0.2) is 12.7 Å². The normalized spacial score (nSPS) is 9.89. The quantitative estimate of drug-likeness (QED) is 0.588. The highest BCUT2D eigenvalue weighted by Gasteiger charge is 2.06. The maximum absolute atomic E-state index is 11.0. The highest BCUT2D eigenvalue weighted by atomic mass is 16.7. The van der Waals surface area contributed by atoms with E-state index in [-0.39, 0.29) is 0 Å². The molecule has 2 rings (SSSR count). The van der Waals surface area contributed by atoms with E-state index in [9.17, 15) is 9.59 Å². The maximum Gasteiger partial charge on any atom is 0.238 e. The van der Waals surface area contributed by atoms with Crippen molar-refractivity contribution in [1.82, 2.24) is 0 Å². The lowest BCUT2D eigenvalue weighted by Gasteiger charge is -2.16. The van der Waals surface area contributed by atoms with E-state index in [0.717, 1.165) is 16.9 Å². The lowest BCUT2D eigenvalue weighted by molar-refractivity contribution is -0.114. The van der Waals surface area contributed by atoms with Gasteiger partial charge in [0.25, 0.3) is 0 Å². The fraction of sp³-hybridized carbons (Fsp3) is 0.0667. The number of rotatable bonds is 6. The van der Waals surface area contributed by atoms with Crippen molar-refractivity contribution in [3.63, 3.8) is 0 Å². The molecule has 4 heteroatoms. The summed E-state index contributed by atoms with van der Waals surface area (Å²) in [6.45, 7) is 0.301. The van der Waals surface area contributed by atoms with Crippen LogP contribution in [0.5, 0.6) is 0 Å². The molecule has 0 aromatic heterocycles. The van der Waals surface area contributed by atoms with Crippen LogP contribution >= 0.6 is 0 Å². The number of carbonyl (C=O) groups excluding carboxylic acids is 2. The fourth-order valence-corrected chi connectivity index (χ4v) is 1.58. The van der Waals surface area contributed by atoms with E-state index in [0.29, 0.717) is 24.3 Å². The van der Waals surface area contributed by atoms with Gasteiger partial charge in [-0.05, 0) is 29.8 Å². The van der Waals surface area contributed by atoms with Gasteiger partial charge < -0.3 is 0 Å². The molecule has 19 heavy (non-hydrogen) atoms. The highest BCUT2D eigenvalue weighted by molar-refractivity contribution is 5.78. The number of benzene rings is 2. The topological polar surface area (TPSA) is 46.6 Å². The van der Waals surface area contributed by atoms with Crippen molar-refractivity contribution in [1.29, 1.82) is 0 Å². The van der Waals surface area contributed by atoms with E-state index in [1.807, 2.05) is 30.3 Å². The van der Waals surface area contributed by atoms with Crippen LogP contribution < -0.4 is 5.06 Å². The molecular formula is C15H13NO3. The van der Waals surface area contributed by atoms with Crippen molar-refractivity contribution in [2.45, 2.75) is 6.61 Å². The van der Waals surface area contributed by atoms with Crippen LogP contribution in [0, 0.1) is 0 Å². The van der Waals surface area contributed by atoms with E-state index < -0.39 is 0 Å². The summed E-state index contributed by atoms with van der Waals surface area (Å²) in [4.78, 5) is 27.0. The first-order chi connectivity index (χ1) is 9.33. The molecule has 0 atom stereocenters. The molecule has 0 aliphatic heterocycles. The Morgan fingerprint density at radius 2 is 1.63 bits per heavy atom. The average molecular weight is 255 g/mol. The molecule has 0 saturated carbocycles. The first-order valence-electron chi connectivity index (χ1n) is 5.80.